The molecule has 0 radical (unpaired) electrons. The Bertz CT molecular complexity index is 280. The van der Waals surface area contributed by atoms with Crippen molar-refractivity contribution in [1.29, 1.82) is 0 Å². The molecule has 1 aliphatic carbocycles. The molecule has 0 aromatic carbocycles. The normalized spacial score (nSPS) is 40.8. The van der Waals surface area contributed by atoms with Gasteiger partial charge in [-0.25, -0.2) is 0 Å². The molecule has 0 amide bonds. The van der Waals surface area contributed by atoms with Crippen molar-refractivity contribution in [3.63, 3.8) is 0 Å². The lowest BCUT2D eigenvalue weighted by atomic mass is 9.91. The Morgan fingerprint density at radius 2 is 2.00 bits per heavy atom. The second-order valence-corrected chi connectivity index (χ2v) is 7.90. The lowest BCUT2D eigenvalue weighted by molar-refractivity contribution is 0.0172. The second-order valence-electron chi connectivity index (χ2n) is 5.70. The molecule has 1 heterocycles. The lowest BCUT2D eigenvalue weighted by Crippen LogP contribution is -2.56. The molecule has 2 aliphatic rings. The van der Waals surface area contributed by atoms with Crippen molar-refractivity contribution >= 4 is 10.8 Å². The molecule has 0 aromatic heterocycles. The van der Waals surface area contributed by atoms with Gasteiger partial charge >= 0.3 is 0 Å². The van der Waals surface area contributed by atoms with Crippen molar-refractivity contribution in [3.05, 3.63) is 0 Å². The van der Waals surface area contributed by atoms with Gasteiger partial charge in [-0.2, -0.15) is 0 Å². The summed E-state index contributed by atoms with van der Waals surface area (Å²) in [6.07, 6.45) is 4.24. The number of aliphatic hydroxyl groups excluding tert-OH is 1. The van der Waals surface area contributed by atoms with Crippen molar-refractivity contribution in [2.45, 2.75) is 56.4 Å². The molecule has 0 spiro atoms. The summed E-state index contributed by atoms with van der Waals surface area (Å²) in [6, 6.07) is 0.310. The Kier molecular flexibility index (Phi) is 3.72. The highest BCUT2D eigenvalue weighted by atomic mass is 32.2. The average molecular weight is 245 g/mol. The van der Waals surface area contributed by atoms with Crippen molar-refractivity contribution in [3.8, 4) is 0 Å². The van der Waals surface area contributed by atoms with Crippen molar-refractivity contribution in [2.24, 2.45) is 0 Å². The molecule has 4 heteroatoms. The Balaban J connectivity index is 2.02. The van der Waals surface area contributed by atoms with Crippen LogP contribution in [0.4, 0.5) is 0 Å². The second kappa shape index (κ2) is 4.75. The van der Waals surface area contributed by atoms with Crippen LogP contribution in [0, 0.1) is 0 Å². The summed E-state index contributed by atoms with van der Waals surface area (Å²) in [5.41, 5.74) is 0. The van der Waals surface area contributed by atoms with Crippen molar-refractivity contribution < 1.29 is 9.32 Å². The molecule has 2 rings (SSSR count). The Morgan fingerprint density at radius 1 is 1.31 bits per heavy atom. The van der Waals surface area contributed by atoms with Gasteiger partial charge < -0.3 is 5.11 Å². The van der Waals surface area contributed by atoms with Crippen LogP contribution in [0.2, 0.25) is 0 Å². The Labute approximate surface area is 101 Å². The summed E-state index contributed by atoms with van der Waals surface area (Å²) in [4.78, 5) is 2.37. The van der Waals surface area contributed by atoms with Crippen LogP contribution in [0.15, 0.2) is 0 Å². The first-order valence-corrected chi connectivity index (χ1v) is 7.63. The minimum Gasteiger partial charge on any atom is -0.391 e. The summed E-state index contributed by atoms with van der Waals surface area (Å²) in [5, 5.41) is 10.0. The number of nitrogens with zero attached hydrogens (tertiary/aromatic N) is 1. The van der Waals surface area contributed by atoms with Crippen LogP contribution in [-0.4, -0.2) is 50.0 Å². The number of aliphatic hydroxyl groups is 1. The minimum atomic E-state index is -0.710. The third-order valence-corrected chi connectivity index (χ3v) is 5.84. The van der Waals surface area contributed by atoms with Crippen LogP contribution < -0.4 is 0 Å². The highest BCUT2D eigenvalue weighted by Gasteiger charge is 2.38. The van der Waals surface area contributed by atoms with E-state index < -0.39 is 10.8 Å². The fraction of sp³-hybridized carbons (Fsp3) is 1.00. The molecule has 1 saturated carbocycles. The van der Waals surface area contributed by atoms with Gasteiger partial charge in [0, 0.05) is 35.7 Å². The van der Waals surface area contributed by atoms with Gasteiger partial charge in [0.05, 0.1) is 10.9 Å². The molecule has 3 nitrogen and oxygen atoms in total. The van der Waals surface area contributed by atoms with Gasteiger partial charge in [-0.1, -0.05) is 12.8 Å². The minimum absolute atomic E-state index is 0.116. The molecule has 2 fully saturated rings. The molecule has 94 valence electrons. The van der Waals surface area contributed by atoms with Gasteiger partial charge in [-0.15, -0.1) is 0 Å². The topological polar surface area (TPSA) is 40.5 Å². The van der Waals surface area contributed by atoms with E-state index in [-0.39, 0.29) is 10.9 Å². The highest BCUT2D eigenvalue weighted by molar-refractivity contribution is 7.86. The molecule has 1 saturated heterocycles. The zero-order valence-corrected chi connectivity index (χ0v) is 11.1. The van der Waals surface area contributed by atoms with Crippen molar-refractivity contribution in [1.82, 2.24) is 4.90 Å². The fourth-order valence-corrected chi connectivity index (χ4v) is 4.18. The maximum Gasteiger partial charge on any atom is 0.0695 e. The first kappa shape index (κ1) is 12.5. The number of hydrogen-bond donors (Lipinski definition) is 1. The maximum absolute atomic E-state index is 11.8. The molecule has 1 aliphatic heterocycles. The first-order chi connectivity index (χ1) is 7.50. The van der Waals surface area contributed by atoms with Crippen LogP contribution in [0.25, 0.3) is 0 Å². The van der Waals surface area contributed by atoms with E-state index in [1.54, 1.807) is 0 Å². The molecule has 3 atom stereocenters. The van der Waals surface area contributed by atoms with E-state index in [1.807, 2.05) is 0 Å². The van der Waals surface area contributed by atoms with Gasteiger partial charge in [0.15, 0.2) is 0 Å². The molecule has 16 heavy (non-hydrogen) atoms. The van der Waals surface area contributed by atoms with Crippen LogP contribution >= 0.6 is 0 Å². The third-order valence-electron chi connectivity index (χ3n) is 3.93. The molecule has 1 N–H and O–H groups in total. The predicted octanol–water partition coefficient (Wildman–Crippen LogP) is 1.13. The Morgan fingerprint density at radius 3 is 2.62 bits per heavy atom. The molecular formula is C12H23NO2S. The van der Waals surface area contributed by atoms with E-state index in [9.17, 15) is 9.32 Å². The molecule has 3 unspecified atom stereocenters. The monoisotopic (exact) mass is 245 g/mol. The van der Waals surface area contributed by atoms with E-state index >= 15 is 0 Å². The summed E-state index contributed by atoms with van der Waals surface area (Å²) in [5.74, 6) is 0.760. The zero-order valence-electron chi connectivity index (χ0n) is 10.3. The molecule has 0 bridgehead atoms. The molecule has 0 aromatic rings. The van der Waals surface area contributed by atoms with E-state index in [0.29, 0.717) is 6.04 Å². The van der Waals surface area contributed by atoms with E-state index in [1.165, 1.54) is 6.42 Å². The molecular weight excluding hydrogens is 222 g/mol. The quantitative estimate of drug-likeness (QED) is 0.753. The highest BCUT2D eigenvalue weighted by Crippen LogP contribution is 2.28. The summed E-state index contributed by atoms with van der Waals surface area (Å²) < 4.78 is 11.7. The fourth-order valence-electron chi connectivity index (χ4n) is 2.92. The smallest absolute Gasteiger partial charge is 0.0695 e. The maximum atomic E-state index is 11.8. The standard InChI is InChI=1S/C12H23NO2S/c1-12(2)9-13(7-8-16(12)15)10-5-3-4-6-11(10)14/h10-11,14H,3-9H2,1-2H3. The first-order valence-electron chi connectivity index (χ1n) is 6.31. The summed E-state index contributed by atoms with van der Waals surface area (Å²) in [7, 11) is -0.710. The van der Waals surface area contributed by atoms with Gasteiger partial charge in [0.2, 0.25) is 0 Å². The van der Waals surface area contributed by atoms with Gasteiger partial charge in [0.1, 0.15) is 0 Å². The van der Waals surface area contributed by atoms with Crippen LogP contribution in [0.5, 0.6) is 0 Å². The van der Waals surface area contributed by atoms with Gasteiger partial charge in [-0.05, 0) is 26.7 Å². The lowest BCUT2D eigenvalue weighted by Gasteiger charge is -2.44. The van der Waals surface area contributed by atoms with Crippen LogP contribution in [0.3, 0.4) is 0 Å². The van der Waals surface area contributed by atoms with E-state index in [2.05, 4.69) is 18.7 Å². The van der Waals surface area contributed by atoms with E-state index in [4.69, 9.17) is 0 Å². The summed E-state index contributed by atoms with van der Waals surface area (Å²) in [6.45, 7) is 5.90. The van der Waals surface area contributed by atoms with Crippen LogP contribution in [0.1, 0.15) is 39.5 Å². The Hall–Kier alpha value is 0.0700. The van der Waals surface area contributed by atoms with Gasteiger partial charge in [-0.3, -0.25) is 9.11 Å². The third kappa shape index (κ3) is 2.49. The van der Waals surface area contributed by atoms with E-state index in [0.717, 1.165) is 38.1 Å². The zero-order chi connectivity index (χ0) is 11.8. The predicted molar refractivity (Wildman–Crippen MR) is 66.9 cm³/mol. The largest absolute Gasteiger partial charge is 0.391 e. The van der Waals surface area contributed by atoms with Gasteiger partial charge in [0.25, 0.3) is 0 Å². The van der Waals surface area contributed by atoms with Crippen LogP contribution in [-0.2, 0) is 10.8 Å². The average Bonchev–Trinajstić information content (AvgIpc) is 2.23. The SMILES string of the molecule is CC1(C)CN(C2CCCCC2O)CCS1=O. The number of hydrogen-bond acceptors (Lipinski definition) is 3. The number of rotatable bonds is 1. The van der Waals surface area contributed by atoms with Crippen molar-refractivity contribution in [2.75, 3.05) is 18.8 Å². The summed E-state index contributed by atoms with van der Waals surface area (Å²) >= 11 is 0.